The van der Waals surface area contributed by atoms with Crippen LogP contribution in [0, 0.1) is 0 Å². The van der Waals surface area contributed by atoms with E-state index in [1.165, 1.54) is 6.26 Å². The van der Waals surface area contributed by atoms with Gasteiger partial charge < -0.3 is 20.0 Å². The van der Waals surface area contributed by atoms with E-state index in [4.69, 9.17) is 4.42 Å². The van der Waals surface area contributed by atoms with Crippen LogP contribution in [0.2, 0.25) is 0 Å². The van der Waals surface area contributed by atoms with Crippen molar-refractivity contribution in [2.24, 2.45) is 0 Å². The molecule has 0 radical (unpaired) electrons. The Morgan fingerprint density at radius 2 is 1.52 bits per heavy atom. The molecule has 1 heterocycles. The molecule has 2 amide bonds. The number of nitrogens with zero attached hydrogens (tertiary/aromatic N) is 1. The summed E-state index contributed by atoms with van der Waals surface area (Å²) in [4.78, 5) is 26.4. The second kappa shape index (κ2) is 8.71. The van der Waals surface area contributed by atoms with E-state index in [9.17, 15) is 9.59 Å². The Balaban J connectivity index is 1.59. The fraction of sp³-hybridized carbons (Fsp3) is 0.143. The first-order valence-corrected chi connectivity index (χ1v) is 8.64. The lowest BCUT2D eigenvalue weighted by atomic mass is 10.1. The first kappa shape index (κ1) is 18.3. The molecule has 0 saturated carbocycles. The Labute approximate surface area is 157 Å². The van der Waals surface area contributed by atoms with E-state index in [1.54, 1.807) is 18.2 Å². The van der Waals surface area contributed by atoms with Crippen molar-refractivity contribution in [3.63, 3.8) is 0 Å². The van der Waals surface area contributed by atoms with Crippen LogP contribution in [0.4, 0.5) is 11.4 Å². The zero-order valence-electron chi connectivity index (χ0n) is 15.0. The maximum atomic E-state index is 12.6. The highest BCUT2D eigenvalue weighted by Gasteiger charge is 2.15. The zero-order valence-corrected chi connectivity index (χ0v) is 15.0. The van der Waals surface area contributed by atoms with Crippen molar-refractivity contribution >= 4 is 23.2 Å². The Hall–Kier alpha value is -3.54. The second-order valence-corrected chi connectivity index (χ2v) is 5.90. The number of nitrogens with one attached hydrogen (secondary N) is 2. The van der Waals surface area contributed by atoms with Crippen LogP contribution in [0.15, 0.2) is 77.4 Å². The zero-order chi connectivity index (χ0) is 19.1. The van der Waals surface area contributed by atoms with Crippen molar-refractivity contribution in [1.29, 1.82) is 0 Å². The molecule has 0 unspecified atom stereocenters. The lowest BCUT2D eigenvalue weighted by Crippen LogP contribution is -2.35. The number of rotatable bonds is 7. The Bertz CT molecular complexity index is 892. The van der Waals surface area contributed by atoms with Crippen LogP contribution in [0.25, 0.3) is 0 Å². The topological polar surface area (TPSA) is 74.6 Å². The number of anilines is 2. The maximum absolute atomic E-state index is 12.6. The molecular weight excluding hydrogens is 342 g/mol. The summed E-state index contributed by atoms with van der Waals surface area (Å²) in [6.07, 6.45) is 1.44. The van der Waals surface area contributed by atoms with Gasteiger partial charge in [-0.3, -0.25) is 9.59 Å². The highest BCUT2D eigenvalue weighted by atomic mass is 16.3. The minimum Gasteiger partial charge on any atom is -0.459 e. The number of para-hydroxylation sites is 2. The molecule has 3 rings (SSSR count). The SMILES string of the molecule is CN(c1ccccc1)c1ccccc1C(=O)NCCNC(=O)c1ccco1. The van der Waals surface area contributed by atoms with Crippen LogP contribution in [0.5, 0.6) is 0 Å². The van der Waals surface area contributed by atoms with Crippen LogP contribution in [-0.4, -0.2) is 32.0 Å². The van der Waals surface area contributed by atoms with Crippen LogP contribution in [0.1, 0.15) is 20.9 Å². The molecule has 2 aromatic carbocycles. The molecule has 27 heavy (non-hydrogen) atoms. The molecule has 138 valence electrons. The third kappa shape index (κ3) is 4.55. The molecule has 0 bridgehead atoms. The number of amides is 2. The average molecular weight is 363 g/mol. The number of carbonyl (C=O) groups is 2. The molecule has 0 saturated heterocycles. The summed E-state index contributed by atoms with van der Waals surface area (Å²) >= 11 is 0. The minimum atomic E-state index is -0.307. The van der Waals surface area contributed by atoms with Gasteiger partial charge in [0.25, 0.3) is 11.8 Å². The number of hydrogen-bond donors (Lipinski definition) is 2. The molecule has 6 nitrogen and oxygen atoms in total. The van der Waals surface area contributed by atoms with Gasteiger partial charge in [0.05, 0.1) is 17.5 Å². The summed E-state index contributed by atoms with van der Waals surface area (Å²) in [6.45, 7) is 0.622. The van der Waals surface area contributed by atoms with Gasteiger partial charge in [-0.25, -0.2) is 0 Å². The molecule has 3 aromatic rings. The van der Waals surface area contributed by atoms with Gasteiger partial charge in [-0.1, -0.05) is 30.3 Å². The van der Waals surface area contributed by atoms with Gasteiger partial charge in [-0.2, -0.15) is 0 Å². The maximum Gasteiger partial charge on any atom is 0.287 e. The van der Waals surface area contributed by atoms with Gasteiger partial charge in [0.2, 0.25) is 0 Å². The van der Waals surface area contributed by atoms with Crippen molar-refractivity contribution < 1.29 is 14.0 Å². The number of carbonyl (C=O) groups excluding carboxylic acids is 2. The van der Waals surface area contributed by atoms with Crippen molar-refractivity contribution in [1.82, 2.24) is 10.6 Å². The van der Waals surface area contributed by atoms with Gasteiger partial charge in [-0.15, -0.1) is 0 Å². The van der Waals surface area contributed by atoms with Crippen LogP contribution >= 0.6 is 0 Å². The summed E-state index contributed by atoms with van der Waals surface area (Å²) in [6, 6.07) is 20.5. The summed E-state index contributed by atoms with van der Waals surface area (Å²) in [7, 11) is 1.92. The Morgan fingerprint density at radius 1 is 0.852 bits per heavy atom. The lowest BCUT2D eigenvalue weighted by molar-refractivity contribution is 0.0911. The van der Waals surface area contributed by atoms with Gasteiger partial charge in [0, 0.05) is 25.8 Å². The first-order valence-electron chi connectivity index (χ1n) is 8.64. The third-order valence-corrected chi connectivity index (χ3v) is 4.09. The molecule has 0 atom stereocenters. The normalized spacial score (nSPS) is 10.3. The van der Waals surface area contributed by atoms with E-state index < -0.39 is 0 Å². The molecular formula is C21H21N3O3. The summed E-state index contributed by atoms with van der Waals surface area (Å²) < 4.78 is 5.02. The van der Waals surface area contributed by atoms with Crippen molar-refractivity contribution in [3.05, 3.63) is 84.3 Å². The van der Waals surface area contributed by atoms with E-state index in [2.05, 4.69) is 10.6 Å². The summed E-state index contributed by atoms with van der Waals surface area (Å²) in [5.74, 6) is -0.254. The predicted octanol–water partition coefficient (Wildman–Crippen LogP) is 3.21. The lowest BCUT2D eigenvalue weighted by Gasteiger charge is -2.22. The second-order valence-electron chi connectivity index (χ2n) is 5.90. The Morgan fingerprint density at radius 3 is 2.22 bits per heavy atom. The van der Waals surface area contributed by atoms with Crippen LogP contribution in [-0.2, 0) is 0 Å². The molecule has 1 aromatic heterocycles. The van der Waals surface area contributed by atoms with E-state index in [1.807, 2.05) is 60.5 Å². The number of hydrogen-bond acceptors (Lipinski definition) is 4. The largest absolute Gasteiger partial charge is 0.459 e. The van der Waals surface area contributed by atoms with E-state index in [0.29, 0.717) is 18.7 Å². The highest BCUT2D eigenvalue weighted by molar-refractivity contribution is 6.00. The highest BCUT2D eigenvalue weighted by Crippen LogP contribution is 2.26. The van der Waals surface area contributed by atoms with Gasteiger partial charge in [-0.05, 0) is 36.4 Å². The van der Waals surface area contributed by atoms with Crippen LogP contribution < -0.4 is 15.5 Å². The molecule has 0 aliphatic heterocycles. The fourth-order valence-electron chi connectivity index (χ4n) is 2.69. The van der Waals surface area contributed by atoms with Gasteiger partial charge in [0.15, 0.2) is 5.76 Å². The molecule has 0 fully saturated rings. The molecule has 0 aliphatic carbocycles. The van der Waals surface area contributed by atoms with Crippen molar-refractivity contribution in [2.75, 3.05) is 25.0 Å². The monoisotopic (exact) mass is 363 g/mol. The smallest absolute Gasteiger partial charge is 0.287 e. The quantitative estimate of drug-likeness (QED) is 0.632. The van der Waals surface area contributed by atoms with Crippen molar-refractivity contribution in [3.8, 4) is 0 Å². The predicted molar refractivity (Wildman–Crippen MR) is 104 cm³/mol. The third-order valence-electron chi connectivity index (χ3n) is 4.09. The van der Waals surface area contributed by atoms with E-state index in [0.717, 1.165) is 11.4 Å². The van der Waals surface area contributed by atoms with E-state index >= 15 is 0 Å². The minimum absolute atomic E-state index is 0.194. The summed E-state index contributed by atoms with van der Waals surface area (Å²) in [5.41, 5.74) is 2.37. The van der Waals surface area contributed by atoms with Gasteiger partial charge >= 0.3 is 0 Å². The van der Waals surface area contributed by atoms with E-state index in [-0.39, 0.29) is 17.6 Å². The van der Waals surface area contributed by atoms with Crippen molar-refractivity contribution in [2.45, 2.75) is 0 Å². The average Bonchev–Trinajstić information content (AvgIpc) is 3.26. The number of furan rings is 1. The molecule has 6 heteroatoms. The first-order chi connectivity index (χ1) is 13.2. The number of benzene rings is 2. The summed E-state index contributed by atoms with van der Waals surface area (Å²) in [5, 5.41) is 5.53. The fourth-order valence-corrected chi connectivity index (χ4v) is 2.69. The molecule has 2 N–H and O–H groups in total. The molecule has 0 spiro atoms. The molecule has 0 aliphatic rings. The van der Waals surface area contributed by atoms with Gasteiger partial charge in [0.1, 0.15) is 0 Å². The van der Waals surface area contributed by atoms with Crippen LogP contribution in [0.3, 0.4) is 0 Å². The standard InChI is InChI=1S/C21H21N3O3/c1-24(16-8-3-2-4-9-16)18-11-6-5-10-17(18)20(25)22-13-14-23-21(26)19-12-7-15-27-19/h2-12,15H,13-14H2,1H3,(H,22,25)(H,23,26). The Kier molecular flexibility index (Phi) is 5.89.